The Morgan fingerprint density at radius 3 is 2.10 bits per heavy atom. The number of hydrogen-bond acceptors (Lipinski definition) is 3. The Hall–Kier alpha value is -1.07. The van der Waals surface area contributed by atoms with Crippen LogP contribution in [0.4, 0.5) is 0 Å². The van der Waals surface area contributed by atoms with E-state index in [1.165, 1.54) is 24.3 Å². The Labute approximate surface area is 129 Å². The molecular formula is C15H17ClO4S. The molecule has 0 aliphatic heterocycles. The van der Waals surface area contributed by atoms with Crippen LogP contribution in [-0.4, -0.2) is 24.2 Å². The number of benzene rings is 1. The molecule has 21 heavy (non-hydrogen) atoms. The van der Waals surface area contributed by atoms with Crippen LogP contribution in [0.5, 0.6) is 0 Å². The first-order valence-corrected chi connectivity index (χ1v) is 8.91. The molecule has 3 rings (SSSR count). The molecule has 114 valence electrons. The first-order valence-electron chi connectivity index (χ1n) is 7.05. The fraction of sp³-hybridized carbons (Fsp3) is 0.533. The highest BCUT2D eigenvalue weighted by atomic mass is 35.5. The fourth-order valence-electron chi connectivity index (χ4n) is 3.93. The van der Waals surface area contributed by atoms with Crippen molar-refractivity contribution in [1.29, 1.82) is 0 Å². The van der Waals surface area contributed by atoms with Crippen molar-refractivity contribution < 1.29 is 18.3 Å². The van der Waals surface area contributed by atoms with E-state index in [0.717, 1.165) is 25.7 Å². The summed E-state index contributed by atoms with van der Waals surface area (Å²) < 4.78 is 23.9. The van der Waals surface area contributed by atoms with E-state index in [0.29, 0.717) is 5.02 Å². The van der Waals surface area contributed by atoms with Crippen molar-refractivity contribution in [2.75, 3.05) is 0 Å². The summed E-state index contributed by atoms with van der Waals surface area (Å²) in [5.74, 6) is -1.23. The van der Waals surface area contributed by atoms with Crippen LogP contribution in [0.15, 0.2) is 29.2 Å². The zero-order chi connectivity index (χ0) is 15.3. The second-order valence-electron chi connectivity index (χ2n) is 6.32. The van der Waals surface area contributed by atoms with Crippen LogP contribution in [0.1, 0.15) is 38.5 Å². The molecule has 0 heterocycles. The van der Waals surface area contributed by atoms with Crippen molar-refractivity contribution >= 4 is 27.4 Å². The van der Waals surface area contributed by atoms with E-state index >= 15 is 0 Å². The quantitative estimate of drug-likeness (QED) is 0.924. The van der Waals surface area contributed by atoms with Gasteiger partial charge >= 0.3 is 5.97 Å². The Morgan fingerprint density at radius 2 is 1.62 bits per heavy atom. The van der Waals surface area contributed by atoms with Crippen LogP contribution >= 0.6 is 11.6 Å². The third-order valence-corrected chi connectivity index (χ3v) is 7.65. The van der Waals surface area contributed by atoms with Gasteiger partial charge in [-0.05, 0) is 55.4 Å². The maximum Gasteiger partial charge on any atom is 0.325 e. The second kappa shape index (κ2) is 4.71. The van der Waals surface area contributed by atoms with E-state index in [-0.39, 0.29) is 23.2 Å². The first-order chi connectivity index (χ1) is 9.81. The van der Waals surface area contributed by atoms with Crippen LogP contribution in [0, 0.1) is 5.41 Å². The summed E-state index contributed by atoms with van der Waals surface area (Å²) in [5, 5.41) is 10.0. The number of sulfone groups is 1. The van der Waals surface area contributed by atoms with Gasteiger partial charge in [0.1, 0.15) is 0 Å². The SMILES string of the molecule is O=C(O)C1(S(=O)(=O)c2ccc(Cl)cc2)CC2(CCCC2)C1. The molecule has 0 atom stereocenters. The number of carboxylic acid groups (broad SMARTS) is 1. The zero-order valence-corrected chi connectivity index (χ0v) is 13.1. The van der Waals surface area contributed by atoms with Crippen molar-refractivity contribution in [1.82, 2.24) is 0 Å². The van der Waals surface area contributed by atoms with Gasteiger partial charge in [0.05, 0.1) is 4.90 Å². The monoisotopic (exact) mass is 328 g/mol. The van der Waals surface area contributed by atoms with Crippen molar-refractivity contribution in [3.63, 3.8) is 0 Å². The summed E-state index contributed by atoms with van der Waals surface area (Å²) in [6.45, 7) is 0. The van der Waals surface area contributed by atoms with E-state index in [1.807, 2.05) is 0 Å². The Kier molecular flexibility index (Phi) is 3.33. The van der Waals surface area contributed by atoms with Crippen LogP contribution in [0.25, 0.3) is 0 Å². The third-order valence-electron chi connectivity index (χ3n) is 5.01. The molecule has 0 unspecified atom stereocenters. The van der Waals surface area contributed by atoms with Gasteiger partial charge in [-0.15, -0.1) is 0 Å². The summed E-state index contributed by atoms with van der Waals surface area (Å²) in [5.41, 5.74) is -0.0715. The van der Waals surface area contributed by atoms with E-state index < -0.39 is 20.6 Å². The molecule has 0 amide bonds. The Morgan fingerprint density at radius 1 is 1.10 bits per heavy atom. The highest BCUT2D eigenvalue weighted by Crippen LogP contribution is 2.61. The van der Waals surface area contributed by atoms with Crippen LogP contribution in [0.2, 0.25) is 5.02 Å². The van der Waals surface area contributed by atoms with Crippen LogP contribution < -0.4 is 0 Å². The van der Waals surface area contributed by atoms with Gasteiger partial charge in [0.15, 0.2) is 14.6 Å². The van der Waals surface area contributed by atoms with E-state index in [1.54, 1.807) is 0 Å². The van der Waals surface area contributed by atoms with Gasteiger partial charge in [0.25, 0.3) is 0 Å². The molecule has 0 saturated heterocycles. The molecule has 6 heteroatoms. The standard InChI is InChI=1S/C15H17ClO4S/c16-11-3-5-12(6-4-11)21(19,20)15(13(17)18)9-14(10-15)7-1-2-8-14/h3-6H,1-2,7-10H2,(H,17,18). The van der Waals surface area contributed by atoms with Gasteiger partial charge in [-0.3, -0.25) is 4.79 Å². The molecule has 2 aliphatic carbocycles. The number of carboxylic acids is 1. The highest BCUT2D eigenvalue weighted by Gasteiger charge is 2.66. The number of rotatable bonds is 3. The molecule has 0 radical (unpaired) electrons. The minimum atomic E-state index is -3.90. The van der Waals surface area contributed by atoms with Crippen molar-refractivity contribution in [2.45, 2.75) is 48.2 Å². The number of aliphatic carboxylic acids is 1. The number of hydrogen-bond donors (Lipinski definition) is 1. The van der Waals surface area contributed by atoms with Gasteiger partial charge in [-0.25, -0.2) is 8.42 Å². The smallest absolute Gasteiger partial charge is 0.325 e. The largest absolute Gasteiger partial charge is 0.480 e. The average molecular weight is 329 g/mol. The van der Waals surface area contributed by atoms with Gasteiger partial charge in [-0.2, -0.15) is 0 Å². The summed E-state index contributed by atoms with van der Waals surface area (Å²) in [7, 11) is -3.90. The van der Waals surface area contributed by atoms with Gasteiger partial charge in [0.2, 0.25) is 0 Å². The van der Waals surface area contributed by atoms with Gasteiger partial charge < -0.3 is 5.11 Å². The Bertz CT molecular complexity index is 664. The number of carbonyl (C=O) groups is 1. The molecule has 1 spiro atoms. The van der Waals surface area contributed by atoms with E-state index in [9.17, 15) is 18.3 Å². The van der Waals surface area contributed by atoms with Crippen LogP contribution in [0.3, 0.4) is 0 Å². The fourth-order valence-corrected chi connectivity index (χ4v) is 6.23. The lowest BCUT2D eigenvalue weighted by molar-refractivity contribution is -0.147. The lowest BCUT2D eigenvalue weighted by Gasteiger charge is -2.51. The predicted octanol–water partition coefficient (Wildman–Crippen LogP) is 3.29. The van der Waals surface area contributed by atoms with Gasteiger partial charge in [-0.1, -0.05) is 24.4 Å². The zero-order valence-electron chi connectivity index (χ0n) is 11.5. The summed E-state index contributed by atoms with van der Waals surface area (Å²) >= 11 is 5.77. The minimum absolute atomic E-state index is 0.0437. The first kappa shape index (κ1) is 14.9. The van der Waals surface area contributed by atoms with Crippen molar-refractivity contribution in [2.24, 2.45) is 5.41 Å². The predicted molar refractivity (Wildman–Crippen MR) is 79.1 cm³/mol. The maximum absolute atomic E-state index is 12.8. The molecule has 4 nitrogen and oxygen atoms in total. The molecule has 1 N–H and O–H groups in total. The molecule has 1 aromatic rings. The molecule has 2 saturated carbocycles. The number of halogens is 1. The topological polar surface area (TPSA) is 71.4 Å². The van der Waals surface area contributed by atoms with Gasteiger partial charge in [0, 0.05) is 5.02 Å². The average Bonchev–Trinajstić information content (AvgIpc) is 2.85. The maximum atomic E-state index is 12.8. The normalized spacial score (nSPS) is 22.9. The molecule has 0 aromatic heterocycles. The minimum Gasteiger partial charge on any atom is -0.480 e. The van der Waals surface area contributed by atoms with Crippen LogP contribution in [-0.2, 0) is 14.6 Å². The third kappa shape index (κ3) is 2.09. The highest BCUT2D eigenvalue weighted by molar-refractivity contribution is 7.93. The molecule has 0 bridgehead atoms. The van der Waals surface area contributed by atoms with Crippen molar-refractivity contribution in [3.05, 3.63) is 29.3 Å². The van der Waals surface area contributed by atoms with Crippen molar-refractivity contribution in [3.8, 4) is 0 Å². The summed E-state index contributed by atoms with van der Waals surface area (Å²) in [6, 6.07) is 5.74. The molecular weight excluding hydrogens is 312 g/mol. The molecule has 1 aromatic carbocycles. The summed E-state index contributed by atoms with van der Waals surface area (Å²) in [4.78, 5) is 11.8. The lowest BCUT2D eigenvalue weighted by atomic mass is 9.60. The second-order valence-corrected chi connectivity index (χ2v) is 9.01. The van der Waals surface area contributed by atoms with E-state index in [2.05, 4.69) is 0 Å². The summed E-state index contributed by atoms with van der Waals surface area (Å²) in [6.07, 6.45) is 4.49. The lowest BCUT2D eigenvalue weighted by Crippen LogP contribution is -2.60. The molecule has 2 aliphatic rings. The van der Waals surface area contributed by atoms with E-state index in [4.69, 9.17) is 11.6 Å². The Balaban J connectivity index is 1.99. The molecule has 2 fully saturated rings.